The molecule has 2 fully saturated rings. The second-order valence-corrected chi connectivity index (χ2v) is 8.16. The van der Waals surface area contributed by atoms with Gasteiger partial charge in [0.1, 0.15) is 5.82 Å². The number of piperidine rings is 1. The molecule has 1 amide bonds. The molecule has 1 aromatic heterocycles. The third kappa shape index (κ3) is 3.38. The summed E-state index contributed by atoms with van der Waals surface area (Å²) in [6, 6.07) is 7.33. The van der Waals surface area contributed by atoms with E-state index in [9.17, 15) is 14.7 Å². The van der Waals surface area contributed by atoms with Gasteiger partial charge in [-0.3, -0.25) is 14.2 Å². The highest BCUT2D eigenvalue weighted by molar-refractivity contribution is 5.81. The summed E-state index contributed by atoms with van der Waals surface area (Å²) in [5.74, 6) is 1.59. The summed E-state index contributed by atoms with van der Waals surface area (Å²) in [6.07, 6.45) is 2.59. The predicted octanol–water partition coefficient (Wildman–Crippen LogP) is 1.97. The number of aliphatic hydroxyl groups is 1. The monoisotopic (exact) mass is 369 g/mol. The summed E-state index contributed by atoms with van der Waals surface area (Å²) in [4.78, 5) is 31.9. The van der Waals surface area contributed by atoms with E-state index in [1.165, 1.54) is 0 Å². The van der Waals surface area contributed by atoms with E-state index in [4.69, 9.17) is 0 Å². The Balaban J connectivity index is 1.54. The Morgan fingerprint density at radius 3 is 2.59 bits per heavy atom. The lowest BCUT2D eigenvalue weighted by Crippen LogP contribution is -2.50. The third-order valence-electron chi connectivity index (χ3n) is 6.14. The number of carbonyl (C=O) groups is 1. The number of benzene rings is 1. The van der Waals surface area contributed by atoms with Crippen LogP contribution in [0.3, 0.4) is 0 Å². The largest absolute Gasteiger partial charge is 0.388 e. The molecule has 1 saturated heterocycles. The number of nitrogens with zero attached hydrogens (tertiary/aromatic N) is 3. The van der Waals surface area contributed by atoms with Crippen molar-refractivity contribution in [3.8, 4) is 0 Å². The van der Waals surface area contributed by atoms with E-state index in [1.807, 2.05) is 30.0 Å². The molecule has 6 nitrogen and oxygen atoms in total. The Morgan fingerprint density at radius 2 is 1.96 bits per heavy atom. The van der Waals surface area contributed by atoms with Crippen molar-refractivity contribution in [2.75, 3.05) is 13.1 Å². The van der Waals surface area contributed by atoms with E-state index in [0.29, 0.717) is 55.0 Å². The molecule has 2 heterocycles. The maximum Gasteiger partial charge on any atom is 0.261 e. The van der Waals surface area contributed by atoms with Crippen LogP contribution in [0.1, 0.15) is 38.9 Å². The second-order valence-electron chi connectivity index (χ2n) is 8.16. The van der Waals surface area contributed by atoms with Crippen LogP contribution in [-0.4, -0.2) is 44.2 Å². The zero-order valence-corrected chi connectivity index (χ0v) is 16.0. The number of hydrogen-bond donors (Lipinski definition) is 1. The molecule has 0 spiro atoms. The van der Waals surface area contributed by atoms with Gasteiger partial charge in [-0.05, 0) is 37.3 Å². The van der Waals surface area contributed by atoms with Gasteiger partial charge >= 0.3 is 0 Å². The van der Waals surface area contributed by atoms with Crippen LogP contribution in [0.15, 0.2) is 29.1 Å². The van der Waals surface area contributed by atoms with E-state index in [2.05, 4.69) is 11.9 Å². The number of amides is 1. The molecule has 27 heavy (non-hydrogen) atoms. The van der Waals surface area contributed by atoms with Gasteiger partial charge in [-0.1, -0.05) is 26.0 Å². The average molecular weight is 369 g/mol. The number of hydrogen-bond acceptors (Lipinski definition) is 4. The molecule has 2 aliphatic rings. The SMILES string of the molecule is CCc1nc2ccccc2c(=O)n1CC1(O)CCN(C(=O)[C@H]2C[C@H]2C)CC1. The van der Waals surface area contributed by atoms with Gasteiger partial charge in [-0.15, -0.1) is 0 Å². The van der Waals surface area contributed by atoms with Crippen LogP contribution in [0.25, 0.3) is 10.9 Å². The fourth-order valence-electron chi connectivity index (χ4n) is 4.14. The van der Waals surface area contributed by atoms with Crippen molar-refractivity contribution in [3.05, 3.63) is 40.4 Å². The lowest BCUT2D eigenvalue weighted by atomic mass is 9.90. The van der Waals surface area contributed by atoms with Crippen molar-refractivity contribution in [1.29, 1.82) is 0 Å². The maximum atomic E-state index is 13.0. The van der Waals surface area contributed by atoms with Crippen LogP contribution in [-0.2, 0) is 17.8 Å². The fourth-order valence-corrected chi connectivity index (χ4v) is 4.14. The first kappa shape index (κ1) is 18.2. The third-order valence-corrected chi connectivity index (χ3v) is 6.14. The number of aryl methyl sites for hydroxylation is 1. The first-order chi connectivity index (χ1) is 12.9. The Labute approximate surface area is 158 Å². The van der Waals surface area contributed by atoms with Crippen molar-refractivity contribution < 1.29 is 9.90 Å². The molecule has 0 radical (unpaired) electrons. The van der Waals surface area contributed by atoms with E-state index in [1.54, 1.807) is 10.6 Å². The summed E-state index contributed by atoms with van der Waals surface area (Å²) in [5, 5.41) is 11.7. The van der Waals surface area contributed by atoms with Gasteiger partial charge in [0, 0.05) is 25.4 Å². The minimum atomic E-state index is -0.982. The van der Waals surface area contributed by atoms with Gasteiger partial charge < -0.3 is 10.0 Å². The summed E-state index contributed by atoms with van der Waals surface area (Å²) >= 11 is 0. The van der Waals surface area contributed by atoms with Crippen molar-refractivity contribution >= 4 is 16.8 Å². The Morgan fingerprint density at radius 1 is 1.30 bits per heavy atom. The number of carbonyl (C=O) groups excluding carboxylic acids is 1. The number of rotatable bonds is 4. The molecule has 2 atom stereocenters. The molecule has 4 rings (SSSR count). The molecule has 0 unspecified atom stereocenters. The van der Waals surface area contributed by atoms with Gasteiger partial charge in [0.15, 0.2) is 0 Å². The Bertz CT molecular complexity index is 928. The van der Waals surface area contributed by atoms with Gasteiger partial charge in [0.2, 0.25) is 5.91 Å². The smallest absolute Gasteiger partial charge is 0.261 e. The highest BCUT2D eigenvalue weighted by atomic mass is 16.3. The molecule has 6 heteroatoms. The van der Waals surface area contributed by atoms with Crippen LogP contribution in [0, 0.1) is 11.8 Å². The number of likely N-dealkylation sites (tertiary alicyclic amines) is 1. The molecule has 1 aromatic carbocycles. The second kappa shape index (κ2) is 6.75. The predicted molar refractivity (Wildman–Crippen MR) is 103 cm³/mol. The molecule has 144 valence electrons. The summed E-state index contributed by atoms with van der Waals surface area (Å²) in [5.41, 5.74) is -0.387. The average Bonchev–Trinajstić information content (AvgIpc) is 3.40. The van der Waals surface area contributed by atoms with Crippen LogP contribution < -0.4 is 5.56 Å². The van der Waals surface area contributed by atoms with E-state index in [-0.39, 0.29) is 23.9 Å². The van der Waals surface area contributed by atoms with Crippen molar-refractivity contribution in [2.45, 2.75) is 51.7 Å². The Hall–Kier alpha value is -2.21. The van der Waals surface area contributed by atoms with Crippen LogP contribution in [0.2, 0.25) is 0 Å². The van der Waals surface area contributed by atoms with Gasteiger partial charge in [-0.25, -0.2) is 4.98 Å². The van der Waals surface area contributed by atoms with E-state index in [0.717, 1.165) is 6.42 Å². The molecule has 1 aliphatic carbocycles. The van der Waals surface area contributed by atoms with E-state index < -0.39 is 5.60 Å². The molecule has 1 saturated carbocycles. The molecular weight excluding hydrogens is 342 g/mol. The van der Waals surface area contributed by atoms with Crippen LogP contribution in [0.4, 0.5) is 0 Å². The normalized spacial score (nSPS) is 24.2. The number of aromatic nitrogens is 2. The van der Waals surface area contributed by atoms with Crippen LogP contribution in [0.5, 0.6) is 0 Å². The topological polar surface area (TPSA) is 75.4 Å². The molecular formula is C21H27N3O3. The number of para-hydroxylation sites is 1. The van der Waals surface area contributed by atoms with Gasteiger partial charge in [-0.2, -0.15) is 0 Å². The standard InChI is InChI=1S/C21H27N3O3/c1-3-18-22-17-7-5-4-6-15(17)20(26)24(18)13-21(27)8-10-23(11-9-21)19(25)16-12-14(16)2/h4-7,14,16,27H,3,8-13H2,1-2H3/t14-,16+/m1/s1. The first-order valence-electron chi connectivity index (χ1n) is 9.91. The zero-order valence-electron chi connectivity index (χ0n) is 16.0. The quantitative estimate of drug-likeness (QED) is 0.894. The minimum absolute atomic E-state index is 0.101. The lowest BCUT2D eigenvalue weighted by molar-refractivity contribution is -0.137. The summed E-state index contributed by atoms with van der Waals surface area (Å²) < 4.78 is 1.63. The molecule has 1 aliphatic heterocycles. The van der Waals surface area contributed by atoms with Gasteiger partial charge in [0.05, 0.1) is 23.0 Å². The lowest BCUT2D eigenvalue weighted by Gasteiger charge is -2.39. The maximum absolute atomic E-state index is 13.0. The molecule has 1 N–H and O–H groups in total. The summed E-state index contributed by atoms with van der Waals surface area (Å²) in [6.45, 7) is 5.41. The first-order valence-corrected chi connectivity index (χ1v) is 9.91. The van der Waals surface area contributed by atoms with Crippen molar-refractivity contribution in [3.63, 3.8) is 0 Å². The minimum Gasteiger partial charge on any atom is -0.388 e. The highest BCUT2D eigenvalue weighted by Crippen LogP contribution is 2.40. The molecule has 0 bridgehead atoms. The fraction of sp³-hybridized carbons (Fsp3) is 0.571. The van der Waals surface area contributed by atoms with Crippen molar-refractivity contribution in [2.24, 2.45) is 11.8 Å². The van der Waals surface area contributed by atoms with Crippen LogP contribution >= 0.6 is 0 Å². The highest BCUT2D eigenvalue weighted by Gasteiger charge is 2.43. The zero-order chi connectivity index (χ0) is 19.2. The molecule has 2 aromatic rings. The van der Waals surface area contributed by atoms with Crippen molar-refractivity contribution in [1.82, 2.24) is 14.5 Å². The summed E-state index contributed by atoms with van der Waals surface area (Å²) in [7, 11) is 0. The number of fused-ring (bicyclic) bond motifs is 1. The van der Waals surface area contributed by atoms with Gasteiger partial charge in [0.25, 0.3) is 5.56 Å². The van der Waals surface area contributed by atoms with E-state index >= 15 is 0 Å². The Kier molecular flexibility index (Phi) is 4.54.